The van der Waals surface area contributed by atoms with Gasteiger partial charge >= 0.3 is 0 Å². The predicted molar refractivity (Wildman–Crippen MR) is 82.6 cm³/mol. The Morgan fingerprint density at radius 2 is 1.50 bits per heavy atom. The van der Waals surface area contributed by atoms with Crippen LogP contribution in [-0.4, -0.2) is 20.6 Å². The number of benzene rings is 1. The molecule has 1 N–H and O–H groups in total. The Morgan fingerprint density at radius 1 is 0.889 bits per heavy atom. The van der Waals surface area contributed by atoms with Crippen molar-refractivity contribution in [3.05, 3.63) is 24.3 Å². The first-order valence-corrected chi connectivity index (χ1v) is 7.25. The average molecular weight is 248 g/mol. The van der Waals surface area contributed by atoms with Crippen LogP contribution in [0.3, 0.4) is 0 Å². The van der Waals surface area contributed by atoms with Gasteiger partial charge in [-0.05, 0) is 30.7 Å². The fraction of sp³-hybridized carbons (Fsp3) is 0.625. The van der Waals surface area contributed by atoms with Crippen molar-refractivity contribution in [2.24, 2.45) is 0 Å². The number of nitrogens with one attached hydrogen (secondary N) is 1. The minimum Gasteiger partial charge on any atom is -0.385 e. The summed E-state index contributed by atoms with van der Waals surface area (Å²) in [5.74, 6) is 0. The van der Waals surface area contributed by atoms with Gasteiger partial charge in [0.1, 0.15) is 0 Å². The Kier molecular flexibility index (Phi) is 7.31. The van der Waals surface area contributed by atoms with Crippen LogP contribution in [0.4, 0.5) is 11.4 Å². The van der Waals surface area contributed by atoms with Gasteiger partial charge in [-0.1, -0.05) is 39.0 Å². The second-order valence-corrected chi connectivity index (χ2v) is 5.14. The number of rotatable bonds is 9. The van der Waals surface area contributed by atoms with E-state index in [0.717, 1.165) is 6.54 Å². The molecule has 0 fully saturated rings. The van der Waals surface area contributed by atoms with Crippen LogP contribution in [0.15, 0.2) is 24.3 Å². The lowest BCUT2D eigenvalue weighted by Gasteiger charge is -2.13. The fourth-order valence-corrected chi connectivity index (χ4v) is 2.02. The summed E-state index contributed by atoms with van der Waals surface area (Å²) >= 11 is 0. The minimum absolute atomic E-state index is 1.09. The Bertz CT molecular complexity index is 303. The Labute approximate surface area is 112 Å². The van der Waals surface area contributed by atoms with E-state index in [9.17, 15) is 0 Å². The second kappa shape index (κ2) is 8.84. The van der Waals surface area contributed by atoms with Crippen LogP contribution in [0, 0.1) is 0 Å². The summed E-state index contributed by atoms with van der Waals surface area (Å²) in [6.07, 6.45) is 8.13. The van der Waals surface area contributed by atoms with Crippen molar-refractivity contribution in [2.45, 2.75) is 45.4 Å². The molecule has 0 heterocycles. The zero-order valence-electron chi connectivity index (χ0n) is 12.2. The molecule has 0 atom stereocenters. The fourth-order valence-electron chi connectivity index (χ4n) is 2.02. The molecule has 0 unspecified atom stereocenters. The summed E-state index contributed by atoms with van der Waals surface area (Å²) < 4.78 is 0. The van der Waals surface area contributed by atoms with Gasteiger partial charge in [-0.15, -0.1) is 0 Å². The van der Waals surface area contributed by atoms with Crippen molar-refractivity contribution in [3.63, 3.8) is 0 Å². The van der Waals surface area contributed by atoms with Gasteiger partial charge in [0.25, 0.3) is 0 Å². The highest BCUT2D eigenvalue weighted by molar-refractivity contribution is 5.54. The SMILES string of the molecule is CCCCCCCCNc1ccc(N(C)C)cc1. The van der Waals surface area contributed by atoms with Crippen molar-refractivity contribution in [2.75, 3.05) is 30.9 Å². The molecule has 0 aliphatic heterocycles. The third-order valence-corrected chi connectivity index (χ3v) is 3.24. The number of hydrogen-bond donors (Lipinski definition) is 1. The van der Waals surface area contributed by atoms with E-state index in [1.807, 2.05) is 0 Å². The van der Waals surface area contributed by atoms with E-state index in [1.165, 1.54) is 49.9 Å². The van der Waals surface area contributed by atoms with E-state index in [0.29, 0.717) is 0 Å². The lowest BCUT2D eigenvalue weighted by Crippen LogP contribution is -2.08. The van der Waals surface area contributed by atoms with E-state index in [2.05, 4.69) is 55.5 Å². The Morgan fingerprint density at radius 3 is 2.11 bits per heavy atom. The predicted octanol–water partition coefficient (Wildman–Crippen LogP) is 4.53. The van der Waals surface area contributed by atoms with Crippen LogP contribution in [0.5, 0.6) is 0 Å². The first kappa shape index (κ1) is 14.9. The maximum Gasteiger partial charge on any atom is 0.0362 e. The van der Waals surface area contributed by atoms with Crippen LogP contribution in [0.25, 0.3) is 0 Å². The summed E-state index contributed by atoms with van der Waals surface area (Å²) in [6, 6.07) is 8.63. The normalized spacial score (nSPS) is 10.4. The monoisotopic (exact) mass is 248 g/mol. The molecule has 0 saturated heterocycles. The number of anilines is 2. The third kappa shape index (κ3) is 5.95. The number of nitrogens with zero attached hydrogens (tertiary/aromatic N) is 1. The molecule has 0 bridgehead atoms. The van der Waals surface area contributed by atoms with Crippen molar-refractivity contribution in [3.8, 4) is 0 Å². The van der Waals surface area contributed by atoms with Crippen LogP contribution < -0.4 is 10.2 Å². The van der Waals surface area contributed by atoms with Gasteiger partial charge in [0.15, 0.2) is 0 Å². The molecule has 1 aromatic rings. The average Bonchev–Trinajstić information content (AvgIpc) is 2.38. The van der Waals surface area contributed by atoms with Crippen LogP contribution in [-0.2, 0) is 0 Å². The molecule has 0 saturated carbocycles. The highest BCUT2D eigenvalue weighted by Crippen LogP contribution is 2.15. The Hall–Kier alpha value is -1.18. The zero-order chi connectivity index (χ0) is 13.2. The summed E-state index contributed by atoms with van der Waals surface area (Å²) in [5, 5.41) is 3.48. The molecule has 102 valence electrons. The molecule has 0 spiro atoms. The molecule has 0 amide bonds. The largest absolute Gasteiger partial charge is 0.385 e. The van der Waals surface area contributed by atoms with Crippen molar-refractivity contribution in [1.29, 1.82) is 0 Å². The van der Waals surface area contributed by atoms with Crippen molar-refractivity contribution >= 4 is 11.4 Å². The summed E-state index contributed by atoms with van der Waals surface area (Å²) in [4.78, 5) is 2.12. The molecular weight excluding hydrogens is 220 g/mol. The molecule has 1 rings (SSSR count). The van der Waals surface area contributed by atoms with Crippen molar-refractivity contribution < 1.29 is 0 Å². The van der Waals surface area contributed by atoms with Gasteiger partial charge < -0.3 is 10.2 Å². The standard InChI is InChI=1S/C16H28N2/c1-4-5-6-7-8-9-14-17-15-10-12-16(13-11-15)18(2)3/h10-13,17H,4-9,14H2,1-3H3. The topological polar surface area (TPSA) is 15.3 Å². The number of unbranched alkanes of at least 4 members (excludes halogenated alkanes) is 5. The zero-order valence-corrected chi connectivity index (χ0v) is 12.2. The van der Waals surface area contributed by atoms with Gasteiger partial charge in [-0.25, -0.2) is 0 Å². The van der Waals surface area contributed by atoms with Gasteiger partial charge in [0, 0.05) is 32.0 Å². The van der Waals surface area contributed by atoms with Gasteiger partial charge in [-0.2, -0.15) is 0 Å². The van der Waals surface area contributed by atoms with Crippen LogP contribution in [0.2, 0.25) is 0 Å². The maximum atomic E-state index is 3.48. The highest BCUT2D eigenvalue weighted by Gasteiger charge is 1.95. The molecule has 2 nitrogen and oxygen atoms in total. The lowest BCUT2D eigenvalue weighted by atomic mass is 10.1. The molecule has 18 heavy (non-hydrogen) atoms. The highest BCUT2D eigenvalue weighted by atomic mass is 15.1. The van der Waals surface area contributed by atoms with E-state index < -0.39 is 0 Å². The molecule has 0 aliphatic rings. The van der Waals surface area contributed by atoms with Crippen LogP contribution >= 0.6 is 0 Å². The quantitative estimate of drug-likeness (QED) is 0.646. The van der Waals surface area contributed by atoms with Crippen LogP contribution in [0.1, 0.15) is 45.4 Å². The Balaban J connectivity index is 2.12. The third-order valence-electron chi connectivity index (χ3n) is 3.24. The van der Waals surface area contributed by atoms with E-state index >= 15 is 0 Å². The minimum atomic E-state index is 1.09. The summed E-state index contributed by atoms with van der Waals surface area (Å²) in [6.45, 7) is 3.35. The summed E-state index contributed by atoms with van der Waals surface area (Å²) in [7, 11) is 4.14. The second-order valence-electron chi connectivity index (χ2n) is 5.14. The maximum absolute atomic E-state index is 3.48. The van der Waals surface area contributed by atoms with E-state index in [1.54, 1.807) is 0 Å². The smallest absolute Gasteiger partial charge is 0.0362 e. The van der Waals surface area contributed by atoms with Gasteiger partial charge in [0.05, 0.1) is 0 Å². The van der Waals surface area contributed by atoms with E-state index in [-0.39, 0.29) is 0 Å². The first-order valence-electron chi connectivity index (χ1n) is 7.25. The first-order chi connectivity index (χ1) is 8.74. The lowest BCUT2D eigenvalue weighted by molar-refractivity contribution is 0.617. The van der Waals surface area contributed by atoms with Crippen molar-refractivity contribution in [1.82, 2.24) is 0 Å². The molecule has 1 aromatic carbocycles. The molecular formula is C16H28N2. The summed E-state index contributed by atoms with van der Waals surface area (Å²) in [5.41, 5.74) is 2.48. The van der Waals surface area contributed by atoms with Gasteiger partial charge in [-0.3, -0.25) is 0 Å². The number of hydrogen-bond acceptors (Lipinski definition) is 2. The molecule has 0 aromatic heterocycles. The molecule has 0 radical (unpaired) electrons. The van der Waals surface area contributed by atoms with Gasteiger partial charge in [0.2, 0.25) is 0 Å². The molecule has 2 heteroatoms. The van der Waals surface area contributed by atoms with E-state index in [4.69, 9.17) is 0 Å². The molecule has 0 aliphatic carbocycles.